The van der Waals surface area contributed by atoms with Gasteiger partial charge in [-0.2, -0.15) is 4.31 Å². The molecular weight excluding hydrogens is 335 g/mol. The van der Waals surface area contributed by atoms with E-state index >= 15 is 0 Å². The first-order chi connectivity index (χ1) is 11.4. The number of nitrogens with zero attached hydrogens (tertiary/aromatic N) is 2. The Morgan fingerprint density at radius 3 is 2.62 bits per heavy atom. The zero-order valence-corrected chi connectivity index (χ0v) is 14.8. The van der Waals surface area contributed by atoms with E-state index in [9.17, 15) is 17.6 Å². The predicted octanol–water partition coefficient (Wildman–Crippen LogP) is 1.86. The first-order valence-electron chi connectivity index (χ1n) is 8.01. The SMILES string of the molecule is CCCC(=O)N1CCCN(S(=O)(=O)c2ccc(OC)c(F)c2)CC1. The molecule has 24 heavy (non-hydrogen) atoms. The minimum atomic E-state index is -3.79. The van der Waals surface area contributed by atoms with Crippen LogP contribution in [-0.4, -0.2) is 56.8 Å². The normalized spacial score (nSPS) is 16.7. The summed E-state index contributed by atoms with van der Waals surface area (Å²) in [5, 5.41) is 0. The lowest BCUT2D eigenvalue weighted by molar-refractivity contribution is -0.131. The van der Waals surface area contributed by atoms with Gasteiger partial charge >= 0.3 is 0 Å². The summed E-state index contributed by atoms with van der Waals surface area (Å²) in [4.78, 5) is 13.6. The summed E-state index contributed by atoms with van der Waals surface area (Å²) in [6, 6.07) is 3.61. The maximum atomic E-state index is 13.8. The summed E-state index contributed by atoms with van der Waals surface area (Å²) in [5.41, 5.74) is 0. The number of hydrogen-bond donors (Lipinski definition) is 0. The van der Waals surface area contributed by atoms with Crippen LogP contribution in [-0.2, 0) is 14.8 Å². The molecule has 0 aromatic heterocycles. The first-order valence-corrected chi connectivity index (χ1v) is 9.45. The molecule has 1 fully saturated rings. The van der Waals surface area contributed by atoms with Crippen molar-refractivity contribution < 1.29 is 22.3 Å². The molecule has 1 aromatic carbocycles. The monoisotopic (exact) mass is 358 g/mol. The maximum Gasteiger partial charge on any atom is 0.243 e. The third-order valence-corrected chi connectivity index (χ3v) is 5.93. The van der Waals surface area contributed by atoms with Gasteiger partial charge in [0.05, 0.1) is 12.0 Å². The summed E-state index contributed by atoms with van der Waals surface area (Å²) in [7, 11) is -2.47. The molecule has 1 aliphatic heterocycles. The second-order valence-electron chi connectivity index (χ2n) is 5.68. The number of rotatable bonds is 5. The number of benzene rings is 1. The fraction of sp³-hybridized carbons (Fsp3) is 0.562. The van der Waals surface area contributed by atoms with Gasteiger partial charge < -0.3 is 9.64 Å². The summed E-state index contributed by atoms with van der Waals surface area (Å²) in [5.74, 6) is -0.665. The average molecular weight is 358 g/mol. The molecular formula is C16H23FN2O4S. The van der Waals surface area contributed by atoms with Crippen molar-refractivity contribution in [3.8, 4) is 5.75 Å². The van der Waals surface area contributed by atoms with Gasteiger partial charge in [-0.1, -0.05) is 6.92 Å². The van der Waals surface area contributed by atoms with Crippen molar-refractivity contribution >= 4 is 15.9 Å². The largest absolute Gasteiger partial charge is 0.494 e. The zero-order chi connectivity index (χ0) is 17.7. The number of methoxy groups -OCH3 is 1. The molecule has 0 spiro atoms. The minimum Gasteiger partial charge on any atom is -0.494 e. The van der Waals surface area contributed by atoms with Gasteiger partial charge in [-0.15, -0.1) is 0 Å². The van der Waals surface area contributed by atoms with E-state index in [1.54, 1.807) is 4.90 Å². The summed E-state index contributed by atoms with van der Waals surface area (Å²) >= 11 is 0. The van der Waals surface area contributed by atoms with E-state index < -0.39 is 15.8 Å². The fourth-order valence-corrected chi connectivity index (χ4v) is 4.19. The Labute approximate surface area is 142 Å². The van der Waals surface area contributed by atoms with Crippen molar-refractivity contribution in [1.29, 1.82) is 0 Å². The second-order valence-corrected chi connectivity index (χ2v) is 7.62. The van der Waals surface area contributed by atoms with Gasteiger partial charge in [0, 0.05) is 32.6 Å². The fourth-order valence-electron chi connectivity index (χ4n) is 2.71. The van der Waals surface area contributed by atoms with Crippen molar-refractivity contribution in [1.82, 2.24) is 9.21 Å². The van der Waals surface area contributed by atoms with Crippen molar-refractivity contribution in [3.05, 3.63) is 24.0 Å². The van der Waals surface area contributed by atoms with Crippen LogP contribution in [0.4, 0.5) is 4.39 Å². The number of hydrogen-bond acceptors (Lipinski definition) is 4. The summed E-state index contributed by atoms with van der Waals surface area (Å²) in [6.07, 6.45) is 1.80. The number of amides is 1. The Balaban J connectivity index is 2.15. The molecule has 1 aromatic rings. The van der Waals surface area contributed by atoms with E-state index in [0.717, 1.165) is 12.5 Å². The van der Waals surface area contributed by atoms with Crippen LogP contribution in [0, 0.1) is 5.82 Å². The van der Waals surface area contributed by atoms with Gasteiger partial charge in [-0.3, -0.25) is 4.79 Å². The third-order valence-electron chi connectivity index (χ3n) is 4.03. The lowest BCUT2D eigenvalue weighted by Crippen LogP contribution is -2.37. The molecule has 6 nitrogen and oxygen atoms in total. The van der Waals surface area contributed by atoms with Gasteiger partial charge in [0.2, 0.25) is 15.9 Å². The van der Waals surface area contributed by atoms with Crippen LogP contribution in [0.3, 0.4) is 0 Å². The highest BCUT2D eigenvalue weighted by molar-refractivity contribution is 7.89. The van der Waals surface area contributed by atoms with E-state index in [1.165, 1.54) is 23.5 Å². The highest BCUT2D eigenvalue weighted by Crippen LogP contribution is 2.24. The highest BCUT2D eigenvalue weighted by atomic mass is 32.2. The number of carbonyl (C=O) groups is 1. The number of carbonyl (C=O) groups excluding carboxylic acids is 1. The first kappa shape index (κ1) is 18.7. The van der Waals surface area contributed by atoms with Crippen LogP contribution in [0.5, 0.6) is 5.75 Å². The molecule has 0 atom stereocenters. The standard InChI is InChI=1S/C16H23FN2O4S/c1-3-5-16(20)18-8-4-9-19(11-10-18)24(21,22)13-6-7-15(23-2)14(17)12-13/h6-7,12H,3-5,8-11H2,1-2H3. The van der Waals surface area contributed by atoms with Crippen molar-refractivity contribution in [2.24, 2.45) is 0 Å². The van der Waals surface area contributed by atoms with Gasteiger partial charge in [-0.05, 0) is 31.0 Å². The average Bonchev–Trinajstić information content (AvgIpc) is 2.81. The lowest BCUT2D eigenvalue weighted by atomic mass is 10.3. The minimum absolute atomic E-state index is 0.00107. The quantitative estimate of drug-likeness (QED) is 0.806. The van der Waals surface area contributed by atoms with Crippen LogP contribution in [0.1, 0.15) is 26.2 Å². The van der Waals surface area contributed by atoms with Crippen molar-refractivity contribution in [2.45, 2.75) is 31.1 Å². The Hall–Kier alpha value is -1.67. The lowest BCUT2D eigenvalue weighted by Gasteiger charge is -2.22. The molecule has 1 heterocycles. The molecule has 134 valence electrons. The molecule has 8 heteroatoms. The third kappa shape index (κ3) is 4.05. The smallest absolute Gasteiger partial charge is 0.243 e. The van der Waals surface area contributed by atoms with E-state index in [2.05, 4.69) is 0 Å². The molecule has 1 amide bonds. The van der Waals surface area contributed by atoms with Crippen molar-refractivity contribution in [2.75, 3.05) is 33.3 Å². The van der Waals surface area contributed by atoms with Gasteiger partial charge in [-0.25, -0.2) is 12.8 Å². The number of halogens is 1. The Morgan fingerprint density at radius 1 is 1.25 bits per heavy atom. The molecule has 1 aliphatic rings. The van der Waals surface area contributed by atoms with E-state index in [4.69, 9.17) is 4.74 Å². The molecule has 1 saturated heterocycles. The number of ether oxygens (including phenoxy) is 1. The molecule has 0 radical (unpaired) electrons. The van der Waals surface area contributed by atoms with Crippen LogP contribution in [0.15, 0.2) is 23.1 Å². The zero-order valence-electron chi connectivity index (χ0n) is 14.0. The molecule has 2 rings (SSSR count). The Morgan fingerprint density at radius 2 is 2.00 bits per heavy atom. The van der Waals surface area contributed by atoms with Crippen molar-refractivity contribution in [3.63, 3.8) is 0 Å². The second kappa shape index (κ2) is 7.94. The molecule has 0 N–H and O–H groups in total. The predicted molar refractivity (Wildman–Crippen MR) is 87.8 cm³/mol. The molecule has 0 saturated carbocycles. The highest BCUT2D eigenvalue weighted by Gasteiger charge is 2.28. The van der Waals surface area contributed by atoms with Gasteiger partial charge in [0.15, 0.2) is 11.6 Å². The van der Waals surface area contributed by atoms with E-state index in [-0.39, 0.29) is 23.1 Å². The Kier molecular flexibility index (Phi) is 6.17. The van der Waals surface area contributed by atoms with Gasteiger partial charge in [0.1, 0.15) is 0 Å². The molecule has 0 aliphatic carbocycles. The topological polar surface area (TPSA) is 66.9 Å². The summed E-state index contributed by atoms with van der Waals surface area (Å²) < 4.78 is 45.4. The molecule has 0 bridgehead atoms. The van der Waals surface area contributed by atoms with Crippen LogP contribution in [0.2, 0.25) is 0 Å². The van der Waals surface area contributed by atoms with Gasteiger partial charge in [0.25, 0.3) is 0 Å². The Bertz CT molecular complexity index is 693. The van der Waals surface area contributed by atoms with Crippen LogP contribution >= 0.6 is 0 Å². The van der Waals surface area contributed by atoms with E-state index in [1.807, 2.05) is 6.92 Å². The van der Waals surface area contributed by atoms with E-state index in [0.29, 0.717) is 32.5 Å². The molecule has 0 unspecified atom stereocenters. The summed E-state index contributed by atoms with van der Waals surface area (Å²) in [6.45, 7) is 3.36. The maximum absolute atomic E-state index is 13.8. The van der Waals surface area contributed by atoms with Crippen LogP contribution in [0.25, 0.3) is 0 Å². The number of sulfonamides is 1. The van der Waals surface area contributed by atoms with Crippen LogP contribution < -0.4 is 4.74 Å².